The van der Waals surface area contributed by atoms with Crippen molar-refractivity contribution in [3.63, 3.8) is 0 Å². The zero-order valence-electron chi connectivity index (χ0n) is 11.1. The molecule has 0 unspecified atom stereocenters. The predicted molar refractivity (Wildman–Crippen MR) is 68.6 cm³/mol. The molecule has 1 aliphatic heterocycles. The molecule has 0 aromatic heterocycles. The van der Waals surface area contributed by atoms with Gasteiger partial charge in [-0.25, -0.2) is 4.79 Å². The molecule has 0 aromatic carbocycles. The summed E-state index contributed by atoms with van der Waals surface area (Å²) in [7, 11) is 2.07. The van der Waals surface area contributed by atoms with E-state index in [1.54, 1.807) is 0 Å². The summed E-state index contributed by atoms with van der Waals surface area (Å²) in [6.45, 7) is 2.59. The lowest BCUT2D eigenvalue weighted by Gasteiger charge is -2.28. The normalized spacial score (nSPS) is 16.9. The fraction of sp³-hybridized carbons (Fsp3) is 0.750. The molecule has 3 N–H and O–H groups in total. The Kier molecular flexibility index (Phi) is 6.27. The molecular weight excluding hydrogens is 250 g/mol. The highest BCUT2D eigenvalue weighted by Crippen LogP contribution is 2.14. The van der Waals surface area contributed by atoms with Crippen LogP contribution in [0.15, 0.2) is 0 Å². The third-order valence-corrected chi connectivity index (χ3v) is 3.21. The molecule has 1 aliphatic rings. The lowest BCUT2D eigenvalue weighted by atomic mass is 9.97. The van der Waals surface area contributed by atoms with Gasteiger partial charge in [-0.2, -0.15) is 0 Å². The van der Waals surface area contributed by atoms with Crippen molar-refractivity contribution in [2.24, 2.45) is 5.92 Å². The maximum Gasteiger partial charge on any atom is 0.321 e. The highest BCUT2D eigenvalue weighted by atomic mass is 16.4. The first-order valence-corrected chi connectivity index (χ1v) is 6.45. The fourth-order valence-electron chi connectivity index (χ4n) is 1.96. The molecule has 0 aliphatic carbocycles. The molecule has 1 fully saturated rings. The van der Waals surface area contributed by atoms with Crippen molar-refractivity contribution in [1.29, 1.82) is 0 Å². The minimum Gasteiger partial charge on any atom is -0.481 e. The van der Waals surface area contributed by atoms with E-state index in [0.717, 1.165) is 25.9 Å². The third kappa shape index (κ3) is 6.76. The Morgan fingerprint density at radius 1 is 1.21 bits per heavy atom. The number of nitrogens with zero attached hydrogens (tertiary/aromatic N) is 1. The van der Waals surface area contributed by atoms with E-state index in [1.165, 1.54) is 0 Å². The highest BCUT2D eigenvalue weighted by molar-refractivity contribution is 5.95. The van der Waals surface area contributed by atoms with E-state index in [1.807, 2.05) is 0 Å². The number of nitrogens with one attached hydrogen (secondary N) is 2. The maximum absolute atomic E-state index is 11.4. The second kappa shape index (κ2) is 7.73. The predicted octanol–water partition coefficient (Wildman–Crippen LogP) is 0.0188. The van der Waals surface area contributed by atoms with Crippen LogP contribution >= 0.6 is 0 Å². The van der Waals surface area contributed by atoms with Crippen LogP contribution in [0.25, 0.3) is 0 Å². The van der Waals surface area contributed by atoms with Crippen LogP contribution in [0.2, 0.25) is 0 Å². The third-order valence-electron chi connectivity index (χ3n) is 3.21. The number of amides is 3. The summed E-state index contributed by atoms with van der Waals surface area (Å²) in [6.07, 6.45) is 1.61. The molecule has 0 aromatic rings. The first kappa shape index (κ1) is 15.4. The summed E-state index contributed by atoms with van der Waals surface area (Å²) in [6, 6.07) is -0.547. The first-order valence-electron chi connectivity index (χ1n) is 6.45. The van der Waals surface area contributed by atoms with Gasteiger partial charge in [-0.1, -0.05) is 0 Å². The van der Waals surface area contributed by atoms with Gasteiger partial charge >= 0.3 is 12.0 Å². The van der Waals surface area contributed by atoms with Crippen molar-refractivity contribution >= 4 is 17.9 Å². The zero-order chi connectivity index (χ0) is 14.3. The van der Waals surface area contributed by atoms with Gasteiger partial charge in [-0.3, -0.25) is 14.9 Å². The maximum atomic E-state index is 11.4. The first-order chi connectivity index (χ1) is 8.97. The minimum atomic E-state index is -1.05. The molecule has 0 saturated carbocycles. The van der Waals surface area contributed by atoms with Crippen molar-refractivity contribution in [2.75, 3.05) is 26.7 Å². The molecule has 7 heteroatoms. The van der Waals surface area contributed by atoms with Crippen LogP contribution in [-0.4, -0.2) is 54.6 Å². The fourth-order valence-corrected chi connectivity index (χ4v) is 1.96. The molecular formula is C12H21N3O4. The van der Waals surface area contributed by atoms with Crippen molar-refractivity contribution in [1.82, 2.24) is 15.5 Å². The summed E-state index contributed by atoms with van der Waals surface area (Å²) in [5.74, 6) is -1.18. The van der Waals surface area contributed by atoms with E-state index in [9.17, 15) is 14.4 Å². The molecule has 0 atom stereocenters. The van der Waals surface area contributed by atoms with Gasteiger partial charge in [0, 0.05) is 13.0 Å². The lowest BCUT2D eigenvalue weighted by Crippen LogP contribution is -2.43. The molecule has 1 rings (SSSR count). The van der Waals surface area contributed by atoms with E-state index in [-0.39, 0.29) is 12.8 Å². The van der Waals surface area contributed by atoms with Gasteiger partial charge in [0.05, 0.1) is 6.42 Å². The zero-order valence-corrected chi connectivity index (χ0v) is 11.1. The molecule has 1 saturated heterocycles. The summed E-state index contributed by atoms with van der Waals surface area (Å²) < 4.78 is 0. The summed E-state index contributed by atoms with van der Waals surface area (Å²) in [4.78, 5) is 35.1. The monoisotopic (exact) mass is 271 g/mol. The Bertz CT molecular complexity index is 338. The van der Waals surface area contributed by atoms with Gasteiger partial charge in [-0.05, 0) is 38.9 Å². The van der Waals surface area contributed by atoms with Crippen LogP contribution in [0.5, 0.6) is 0 Å². The summed E-state index contributed by atoms with van der Waals surface area (Å²) in [5.41, 5.74) is 0. The molecule has 1 heterocycles. The van der Waals surface area contributed by atoms with E-state index in [2.05, 4.69) is 22.6 Å². The number of imide groups is 1. The van der Waals surface area contributed by atoms with E-state index < -0.39 is 17.9 Å². The van der Waals surface area contributed by atoms with E-state index >= 15 is 0 Å². The van der Waals surface area contributed by atoms with Crippen LogP contribution < -0.4 is 10.6 Å². The number of carbonyl (C=O) groups is 3. The van der Waals surface area contributed by atoms with Crippen molar-refractivity contribution < 1.29 is 19.5 Å². The Morgan fingerprint density at radius 2 is 1.84 bits per heavy atom. The average molecular weight is 271 g/mol. The number of hydrogen-bond acceptors (Lipinski definition) is 4. The van der Waals surface area contributed by atoms with E-state index in [4.69, 9.17) is 5.11 Å². The van der Waals surface area contributed by atoms with Gasteiger partial charge < -0.3 is 15.3 Å². The Morgan fingerprint density at radius 3 is 2.42 bits per heavy atom. The number of carbonyl (C=O) groups excluding carboxylic acids is 2. The van der Waals surface area contributed by atoms with Gasteiger partial charge in [0.2, 0.25) is 5.91 Å². The molecule has 7 nitrogen and oxygen atoms in total. The van der Waals surface area contributed by atoms with Gasteiger partial charge in [-0.15, -0.1) is 0 Å². The van der Waals surface area contributed by atoms with Crippen molar-refractivity contribution in [3.05, 3.63) is 0 Å². The molecule has 19 heavy (non-hydrogen) atoms. The second-order valence-electron chi connectivity index (χ2n) is 4.90. The van der Waals surface area contributed by atoms with Gasteiger partial charge in [0.1, 0.15) is 0 Å². The lowest BCUT2D eigenvalue weighted by molar-refractivity contribution is -0.138. The number of urea groups is 1. The van der Waals surface area contributed by atoms with Crippen LogP contribution in [0, 0.1) is 5.92 Å². The van der Waals surface area contributed by atoms with Crippen molar-refractivity contribution in [3.8, 4) is 0 Å². The summed E-state index contributed by atoms with van der Waals surface area (Å²) in [5, 5.41) is 13.2. The second-order valence-corrected chi connectivity index (χ2v) is 4.90. The Hall–Kier alpha value is -1.63. The Labute approximate surface area is 112 Å². The summed E-state index contributed by atoms with van der Waals surface area (Å²) >= 11 is 0. The SMILES string of the molecule is CN1CCC(CNC(=O)NC(=O)CCC(=O)O)CC1. The number of rotatable bonds is 5. The smallest absolute Gasteiger partial charge is 0.321 e. The van der Waals surface area contributed by atoms with Crippen molar-refractivity contribution in [2.45, 2.75) is 25.7 Å². The number of likely N-dealkylation sites (tertiary alicyclic amines) is 1. The number of aliphatic carboxylic acids is 1. The topological polar surface area (TPSA) is 98.7 Å². The molecule has 0 bridgehead atoms. The quantitative estimate of drug-likeness (QED) is 0.654. The van der Waals surface area contributed by atoms with Crippen LogP contribution in [0.3, 0.4) is 0 Å². The minimum absolute atomic E-state index is 0.184. The van der Waals surface area contributed by atoms with Crippen LogP contribution in [-0.2, 0) is 9.59 Å². The largest absolute Gasteiger partial charge is 0.481 e. The van der Waals surface area contributed by atoms with Crippen LogP contribution in [0.4, 0.5) is 4.79 Å². The van der Waals surface area contributed by atoms with Crippen LogP contribution in [0.1, 0.15) is 25.7 Å². The number of piperidine rings is 1. The van der Waals surface area contributed by atoms with Gasteiger partial charge in [0.15, 0.2) is 0 Å². The molecule has 0 radical (unpaired) electrons. The number of hydrogen-bond donors (Lipinski definition) is 3. The number of carboxylic acid groups (broad SMARTS) is 1. The Balaban J connectivity index is 2.13. The van der Waals surface area contributed by atoms with E-state index in [0.29, 0.717) is 12.5 Å². The number of carboxylic acids is 1. The highest BCUT2D eigenvalue weighted by Gasteiger charge is 2.17. The molecule has 108 valence electrons. The standard InChI is InChI=1S/C12H21N3O4/c1-15-6-4-9(5-7-15)8-13-12(19)14-10(16)2-3-11(17)18/h9H,2-8H2,1H3,(H,17,18)(H2,13,14,16,19). The molecule has 0 spiro atoms. The average Bonchev–Trinajstić information content (AvgIpc) is 2.36. The molecule has 3 amide bonds. The van der Waals surface area contributed by atoms with Gasteiger partial charge in [0.25, 0.3) is 0 Å².